The van der Waals surface area contributed by atoms with Crippen LogP contribution in [0.5, 0.6) is 0 Å². The Morgan fingerprint density at radius 1 is 1.42 bits per heavy atom. The van der Waals surface area contributed by atoms with Crippen LogP contribution < -0.4 is 5.73 Å². The first-order valence-electron chi connectivity index (χ1n) is 3.13. The molecule has 0 bridgehead atoms. The Kier molecular flexibility index (Phi) is 9.54. The van der Waals surface area contributed by atoms with Crippen molar-refractivity contribution in [3.63, 3.8) is 0 Å². The van der Waals surface area contributed by atoms with Crippen LogP contribution in [0.4, 0.5) is 0 Å². The van der Waals surface area contributed by atoms with E-state index in [0.717, 1.165) is 11.0 Å². The van der Waals surface area contributed by atoms with E-state index in [-0.39, 0.29) is 24.8 Å². The van der Waals surface area contributed by atoms with Crippen LogP contribution in [0, 0.1) is 0 Å². The van der Waals surface area contributed by atoms with E-state index in [0.29, 0.717) is 6.54 Å². The molecule has 0 saturated heterocycles. The molecule has 12 heavy (non-hydrogen) atoms. The summed E-state index contributed by atoms with van der Waals surface area (Å²) in [5.41, 5.74) is 6.60. The van der Waals surface area contributed by atoms with Crippen molar-refractivity contribution in [1.29, 1.82) is 0 Å². The highest BCUT2D eigenvalue weighted by Gasteiger charge is 1.91. The molecule has 1 aromatic rings. The highest BCUT2D eigenvalue weighted by Crippen LogP contribution is 2.07. The zero-order chi connectivity index (χ0) is 7.40. The fourth-order valence-electron chi connectivity index (χ4n) is 0.765. The van der Waals surface area contributed by atoms with Crippen LogP contribution >= 0.6 is 40.7 Å². The van der Waals surface area contributed by atoms with Gasteiger partial charge in [-0.3, -0.25) is 0 Å². The van der Waals surface area contributed by atoms with E-state index in [1.54, 1.807) is 6.20 Å². The number of rotatable bonds is 2. The molecule has 70 valence electrons. The average Bonchev–Trinajstić information content (AvgIpc) is 1.88. The smallest absolute Gasteiger partial charge is 0.106 e. The van der Waals surface area contributed by atoms with Gasteiger partial charge in [-0.05, 0) is 46.6 Å². The first kappa shape index (κ1) is 14.7. The van der Waals surface area contributed by atoms with Crippen LogP contribution in [0.2, 0.25) is 0 Å². The van der Waals surface area contributed by atoms with Gasteiger partial charge in [-0.2, -0.15) is 0 Å². The predicted octanol–water partition coefficient (Wildman–Crippen LogP) is 2.19. The molecular weight excluding hydrogens is 263 g/mol. The van der Waals surface area contributed by atoms with Crippen LogP contribution in [-0.4, -0.2) is 11.5 Å². The van der Waals surface area contributed by atoms with Gasteiger partial charge in [-0.15, -0.1) is 24.8 Å². The molecule has 1 aromatic heterocycles. The van der Waals surface area contributed by atoms with Gasteiger partial charge < -0.3 is 5.73 Å². The first-order valence-corrected chi connectivity index (χ1v) is 3.92. The summed E-state index contributed by atoms with van der Waals surface area (Å²) in [6.07, 6.45) is 2.69. The molecule has 5 heteroatoms. The average molecular weight is 274 g/mol. The highest BCUT2D eigenvalue weighted by atomic mass is 79.9. The lowest BCUT2D eigenvalue weighted by atomic mass is 10.2. The Morgan fingerprint density at radius 3 is 2.58 bits per heavy atom. The minimum Gasteiger partial charge on any atom is -0.330 e. The third-order valence-corrected chi connectivity index (χ3v) is 1.66. The van der Waals surface area contributed by atoms with Gasteiger partial charge in [0.15, 0.2) is 0 Å². The maximum absolute atomic E-state index is 5.37. The summed E-state index contributed by atoms with van der Waals surface area (Å²) in [6, 6.07) is 3.95. The van der Waals surface area contributed by atoms with Gasteiger partial charge in [0.05, 0.1) is 0 Å². The fourth-order valence-corrected chi connectivity index (χ4v) is 1.18. The molecule has 0 atom stereocenters. The van der Waals surface area contributed by atoms with E-state index in [2.05, 4.69) is 20.9 Å². The zero-order valence-corrected chi connectivity index (χ0v) is 9.58. The molecule has 0 spiro atoms. The van der Waals surface area contributed by atoms with E-state index in [1.807, 2.05) is 12.1 Å². The quantitative estimate of drug-likeness (QED) is 0.839. The van der Waals surface area contributed by atoms with Gasteiger partial charge in [0.2, 0.25) is 0 Å². The van der Waals surface area contributed by atoms with E-state index >= 15 is 0 Å². The topological polar surface area (TPSA) is 38.9 Å². The minimum absolute atomic E-state index is 0. The maximum atomic E-state index is 5.37. The predicted molar refractivity (Wildman–Crippen MR) is 59.2 cm³/mol. The number of halogens is 3. The van der Waals surface area contributed by atoms with Gasteiger partial charge >= 0.3 is 0 Å². The fraction of sp³-hybridized carbons (Fsp3) is 0.286. The van der Waals surface area contributed by atoms with Crippen molar-refractivity contribution in [3.8, 4) is 0 Å². The third-order valence-electron chi connectivity index (χ3n) is 1.22. The molecule has 0 unspecified atom stereocenters. The second kappa shape index (κ2) is 7.80. The van der Waals surface area contributed by atoms with Crippen molar-refractivity contribution < 1.29 is 0 Å². The molecule has 2 nitrogen and oxygen atoms in total. The summed E-state index contributed by atoms with van der Waals surface area (Å²) < 4.78 is 0.874. The van der Waals surface area contributed by atoms with Gasteiger partial charge in [0.25, 0.3) is 0 Å². The van der Waals surface area contributed by atoms with E-state index in [9.17, 15) is 0 Å². The number of hydrogen-bond donors (Lipinski definition) is 1. The van der Waals surface area contributed by atoms with Crippen LogP contribution in [0.15, 0.2) is 22.9 Å². The maximum Gasteiger partial charge on any atom is 0.106 e. The summed E-state index contributed by atoms with van der Waals surface area (Å²) >= 11 is 3.28. The Hall–Kier alpha value is 0.170. The molecule has 1 heterocycles. The van der Waals surface area contributed by atoms with E-state index in [4.69, 9.17) is 5.73 Å². The monoisotopic (exact) mass is 272 g/mol. The van der Waals surface area contributed by atoms with Crippen molar-refractivity contribution in [2.24, 2.45) is 5.73 Å². The lowest BCUT2D eigenvalue weighted by Gasteiger charge is -1.96. The van der Waals surface area contributed by atoms with Crippen molar-refractivity contribution in [2.45, 2.75) is 6.42 Å². The Balaban J connectivity index is 0. The summed E-state index contributed by atoms with van der Waals surface area (Å²) in [5, 5.41) is 0. The number of pyridine rings is 1. The second-order valence-electron chi connectivity index (χ2n) is 2.03. The van der Waals surface area contributed by atoms with Gasteiger partial charge in [0, 0.05) is 6.20 Å². The largest absolute Gasteiger partial charge is 0.330 e. The van der Waals surface area contributed by atoms with Crippen LogP contribution in [0.1, 0.15) is 5.56 Å². The molecule has 1 rings (SSSR count). The van der Waals surface area contributed by atoms with Crippen molar-refractivity contribution in [1.82, 2.24) is 4.98 Å². The van der Waals surface area contributed by atoms with Crippen LogP contribution in [-0.2, 0) is 6.42 Å². The Morgan fingerprint density at radius 2 is 2.08 bits per heavy atom. The number of nitrogens with zero attached hydrogens (tertiary/aromatic N) is 1. The Bertz CT molecular complexity index is 220. The SMILES string of the molecule is Cl.Cl.NCCc1ccnc(Br)c1. The summed E-state index contributed by atoms with van der Waals surface area (Å²) in [4.78, 5) is 4.00. The summed E-state index contributed by atoms with van der Waals surface area (Å²) in [5.74, 6) is 0. The molecular formula is C7H11BrCl2N2. The molecule has 0 aliphatic rings. The third kappa shape index (κ3) is 4.93. The standard InChI is InChI=1S/C7H9BrN2.2ClH/c8-7-5-6(1-3-9)2-4-10-7;;/h2,4-5H,1,3,9H2;2*1H. The first-order chi connectivity index (χ1) is 4.83. The number of hydrogen-bond acceptors (Lipinski definition) is 2. The number of aromatic nitrogens is 1. The number of nitrogens with two attached hydrogens (primary N) is 1. The minimum atomic E-state index is 0. The van der Waals surface area contributed by atoms with Crippen molar-refractivity contribution in [3.05, 3.63) is 28.5 Å². The van der Waals surface area contributed by atoms with Crippen LogP contribution in [0.25, 0.3) is 0 Å². The van der Waals surface area contributed by atoms with Gasteiger partial charge in [-0.1, -0.05) is 0 Å². The Labute approximate surface area is 92.9 Å². The van der Waals surface area contributed by atoms with E-state index < -0.39 is 0 Å². The zero-order valence-electron chi connectivity index (χ0n) is 6.37. The normalized spacial score (nSPS) is 8.17. The van der Waals surface area contributed by atoms with E-state index in [1.165, 1.54) is 5.56 Å². The molecule has 0 fully saturated rings. The molecule has 2 N–H and O–H groups in total. The van der Waals surface area contributed by atoms with Crippen molar-refractivity contribution in [2.75, 3.05) is 6.54 Å². The summed E-state index contributed by atoms with van der Waals surface area (Å²) in [7, 11) is 0. The van der Waals surface area contributed by atoms with Gasteiger partial charge in [-0.25, -0.2) is 4.98 Å². The highest BCUT2D eigenvalue weighted by molar-refractivity contribution is 9.10. The van der Waals surface area contributed by atoms with Gasteiger partial charge in [0.1, 0.15) is 4.60 Å². The lowest BCUT2D eigenvalue weighted by Crippen LogP contribution is -2.02. The lowest BCUT2D eigenvalue weighted by molar-refractivity contribution is 0.961. The molecule has 0 aromatic carbocycles. The molecule has 0 aliphatic carbocycles. The second-order valence-corrected chi connectivity index (χ2v) is 2.84. The summed E-state index contributed by atoms with van der Waals surface area (Å²) in [6.45, 7) is 0.691. The van der Waals surface area contributed by atoms with Crippen molar-refractivity contribution >= 4 is 40.7 Å². The van der Waals surface area contributed by atoms with Crippen LogP contribution in [0.3, 0.4) is 0 Å². The molecule has 0 radical (unpaired) electrons. The molecule has 0 amide bonds. The molecule has 0 aliphatic heterocycles. The molecule has 0 saturated carbocycles.